The number of rotatable bonds is 10. The van der Waals surface area contributed by atoms with Gasteiger partial charge in [-0.1, -0.05) is 18.2 Å². The molecule has 0 amide bonds. The van der Waals surface area contributed by atoms with Gasteiger partial charge in [-0.25, -0.2) is 0 Å². The number of allylic oxidation sites excluding steroid dienone is 2. The van der Waals surface area contributed by atoms with E-state index in [1.165, 1.54) is 0 Å². The largest absolute Gasteiger partial charge is 0.465 e. The van der Waals surface area contributed by atoms with Crippen molar-refractivity contribution in [1.29, 1.82) is 0 Å². The molecule has 1 aliphatic carbocycles. The summed E-state index contributed by atoms with van der Waals surface area (Å²) in [7, 11) is 0. The van der Waals surface area contributed by atoms with Crippen LogP contribution in [0.5, 0.6) is 0 Å². The van der Waals surface area contributed by atoms with Gasteiger partial charge in [-0.3, -0.25) is 19.7 Å². The van der Waals surface area contributed by atoms with E-state index in [1.54, 1.807) is 26.0 Å². The molecule has 0 bridgehead atoms. The highest BCUT2D eigenvalue weighted by Gasteiger charge is 2.56. The van der Waals surface area contributed by atoms with Crippen LogP contribution in [0.15, 0.2) is 24.8 Å². The molecule has 1 aliphatic rings. The number of esters is 2. The molecule has 25 heavy (non-hydrogen) atoms. The zero-order valence-corrected chi connectivity index (χ0v) is 14.9. The molecule has 0 radical (unpaired) electrons. The van der Waals surface area contributed by atoms with Crippen LogP contribution in [-0.2, 0) is 19.1 Å². The number of nitro groups is 1. The monoisotopic (exact) mass is 353 g/mol. The van der Waals surface area contributed by atoms with Crippen molar-refractivity contribution in [3.8, 4) is 0 Å². The molecular formula is C18H27NO6. The van der Waals surface area contributed by atoms with Crippen LogP contribution in [0, 0.1) is 27.4 Å². The van der Waals surface area contributed by atoms with Crippen molar-refractivity contribution in [2.45, 2.75) is 39.5 Å². The summed E-state index contributed by atoms with van der Waals surface area (Å²) in [5.74, 6) is -1.12. The molecule has 2 atom stereocenters. The molecule has 0 N–H and O–H groups in total. The molecule has 1 saturated carbocycles. The lowest BCUT2D eigenvalue weighted by molar-refractivity contribution is -0.478. The third-order valence-electron chi connectivity index (χ3n) is 4.46. The van der Waals surface area contributed by atoms with Crippen LogP contribution in [0.3, 0.4) is 0 Å². The Morgan fingerprint density at radius 3 is 2.32 bits per heavy atom. The zero-order chi connectivity index (χ0) is 18.9. The number of ether oxygens (including phenoxy) is 2. The predicted octanol–water partition coefficient (Wildman–Crippen LogP) is 2.92. The second-order valence-corrected chi connectivity index (χ2v) is 6.15. The van der Waals surface area contributed by atoms with Crippen molar-refractivity contribution >= 4 is 11.9 Å². The maximum absolute atomic E-state index is 12.5. The molecule has 140 valence electrons. The molecule has 0 heterocycles. The maximum Gasteiger partial charge on any atom is 0.323 e. The molecule has 0 saturated heterocycles. The average Bonchev–Trinajstić information content (AvgIpc) is 2.92. The van der Waals surface area contributed by atoms with E-state index in [9.17, 15) is 19.7 Å². The molecule has 1 fully saturated rings. The molecule has 0 aromatic heterocycles. The van der Waals surface area contributed by atoms with Crippen LogP contribution in [-0.4, -0.2) is 36.6 Å². The molecule has 0 aromatic carbocycles. The van der Waals surface area contributed by atoms with Crippen molar-refractivity contribution in [3.63, 3.8) is 0 Å². The molecule has 0 unspecified atom stereocenters. The maximum atomic E-state index is 12.5. The molecule has 7 heteroatoms. The fourth-order valence-corrected chi connectivity index (χ4v) is 3.35. The Morgan fingerprint density at radius 2 is 1.84 bits per heavy atom. The van der Waals surface area contributed by atoms with Gasteiger partial charge in [-0.2, -0.15) is 0 Å². The van der Waals surface area contributed by atoms with E-state index < -0.39 is 17.4 Å². The number of carbonyl (C=O) groups is 2. The quantitative estimate of drug-likeness (QED) is 0.197. The van der Waals surface area contributed by atoms with Crippen LogP contribution >= 0.6 is 0 Å². The molecule has 7 nitrogen and oxygen atoms in total. The number of hydrogen-bond donors (Lipinski definition) is 0. The molecule has 1 rings (SSSR count). The first-order chi connectivity index (χ1) is 11.9. The minimum atomic E-state index is -1.31. The SMILES string of the molecule is C=CC[C@@H]1CC(C(=O)OCC)(C(=O)OCC)C[C@H]1/C=C/CC[N+](=O)[O-]. The first-order valence-corrected chi connectivity index (χ1v) is 8.65. The fraction of sp³-hybridized carbons (Fsp3) is 0.667. The second kappa shape index (κ2) is 9.96. The molecule has 0 aromatic rings. The third kappa shape index (κ3) is 5.41. The summed E-state index contributed by atoms with van der Waals surface area (Å²) < 4.78 is 10.3. The lowest BCUT2D eigenvalue weighted by Gasteiger charge is -2.24. The van der Waals surface area contributed by atoms with Crippen molar-refractivity contribution < 1.29 is 24.0 Å². The summed E-state index contributed by atoms with van der Waals surface area (Å²) in [4.78, 5) is 35.1. The van der Waals surface area contributed by atoms with Gasteiger partial charge in [-0.05, 0) is 44.9 Å². The first kappa shape index (κ1) is 20.9. The number of carbonyl (C=O) groups excluding carboxylic acids is 2. The van der Waals surface area contributed by atoms with Gasteiger partial charge in [0, 0.05) is 11.3 Å². The van der Waals surface area contributed by atoms with Crippen LogP contribution in [0.4, 0.5) is 0 Å². The number of nitrogens with zero attached hydrogens (tertiary/aromatic N) is 1. The van der Waals surface area contributed by atoms with Gasteiger partial charge < -0.3 is 9.47 Å². The highest BCUT2D eigenvalue weighted by molar-refractivity contribution is 6.00. The van der Waals surface area contributed by atoms with E-state index in [0.717, 1.165) is 0 Å². The van der Waals surface area contributed by atoms with Crippen molar-refractivity contribution in [3.05, 3.63) is 34.9 Å². The standard InChI is InChI=1S/C18H27NO6/c1-4-9-14-12-18(16(20)24-5-2,17(21)25-6-3)13-15(14)10-7-8-11-19(22)23/h4,7,10,14-15H,1,5-6,8-9,11-13H2,2-3H3/b10-7+/t14-,15-/m1/s1. The van der Waals surface area contributed by atoms with Gasteiger partial charge in [0.25, 0.3) is 0 Å². The Hall–Kier alpha value is -2.18. The van der Waals surface area contributed by atoms with E-state index in [0.29, 0.717) is 19.3 Å². The minimum Gasteiger partial charge on any atom is -0.465 e. The van der Waals surface area contributed by atoms with E-state index >= 15 is 0 Å². The summed E-state index contributed by atoms with van der Waals surface area (Å²) in [6.07, 6.45) is 6.96. The van der Waals surface area contributed by atoms with E-state index in [-0.39, 0.29) is 42.9 Å². The van der Waals surface area contributed by atoms with Crippen LogP contribution < -0.4 is 0 Å². The Morgan fingerprint density at radius 1 is 1.24 bits per heavy atom. The average molecular weight is 353 g/mol. The van der Waals surface area contributed by atoms with E-state index in [1.807, 2.05) is 6.08 Å². The summed E-state index contributed by atoms with van der Waals surface area (Å²) >= 11 is 0. The third-order valence-corrected chi connectivity index (χ3v) is 4.46. The topological polar surface area (TPSA) is 95.7 Å². The van der Waals surface area contributed by atoms with Gasteiger partial charge in [0.05, 0.1) is 13.2 Å². The summed E-state index contributed by atoms with van der Waals surface area (Å²) in [5.41, 5.74) is -1.31. The van der Waals surface area contributed by atoms with E-state index in [2.05, 4.69) is 6.58 Å². The van der Waals surface area contributed by atoms with Gasteiger partial charge in [0.1, 0.15) is 0 Å². The van der Waals surface area contributed by atoms with Gasteiger partial charge >= 0.3 is 11.9 Å². The number of hydrogen-bond acceptors (Lipinski definition) is 6. The summed E-state index contributed by atoms with van der Waals surface area (Å²) in [5, 5.41) is 10.4. The Bertz CT molecular complexity index is 510. The van der Waals surface area contributed by atoms with E-state index in [4.69, 9.17) is 9.47 Å². The molecular weight excluding hydrogens is 326 g/mol. The summed E-state index contributed by atoms with van der Waals surface area (Å²) in [6, 6.07) is 0. The van der Waals surface area contributed by atoms with Gasteiger partial charge in [0.2, 0.25) is 6.54 Å². The first-order valence-electron chi connectivity index (χ1n) is 8.65. The van der Waals surface area contributed by atoms with Gasteiger partial charge in [-0.15, -0.1) is 6.58 Å². The molecule has 0 aliphatic heterocycles. The lowest BCUT2D eigenvalue weighted by Crippen LogP contribution is -2.40. The van der Waals surface area contributed by atoms with Crippen molar-refractivity contribution in [2.75, 3.05) is 19.8 Å². The fourth-order valence-electron chi connectivity index (χ4n) is 3.35. The van der Waals surface area contributed by atoms with Crippen molar-refractivity contribution in [1.82, 2.24) is 0 Å². The lowest BCUT2D eigenvalue weighted by atomic mass is 9.84. The Labute approximate surface area is 148 Å². The van der Waals surface area contributed by atoms with Gasteiger partial charge in [0.15, 0.2) is 5.41 Å². The Balaban J connectivity index is 3.02. The smallest absolute Gasteiger partial charge is 0.323 e. The molecule has 0 spiro atoms. The second-order valence-electron chi connectivity index (χ2n) is 6.15. The highest BCUT2D eigenvalue weighted by atomic mass is 16.6. The predicted molar refractivity (Wildman–Crippen MR) is 92.3 cm³/mol. The normalized spacial score (nSPS) is 21.8. The Kier molecular flexibility index (Phi) is 8.31. The van der Waals surface area contributed by atoms with Crippen LogP contribution in [0.2, 0.25) is 0 Å². The summed E-state index contributed by atoms with van der Waals surface area (Å²) in [6.45, 7) is 7.37. The minimum absolute atomic E-state index is 0.0400. The van der Waals surface area contributed by atoms with Crippen LogP contribution in [0.1, 0.15) is 39.5 Å². The van der Waals surface area contributed by atoms with Crippen LogP contribution in [0.25, 0.3) is 0 Å². The van der Waals surface area contributed by atoms with Crippen molar-refractivity contribution in [2.24, 2.45) is 17.3 Å². The zero-order valence-electron chi connectivity index (χ0n) is 14.9. The highest BCUT2D eigenvalue weighted by Crippen LogP contribution is 2.49.